The van der Waals surface area contributed by atoms with Gasteiger partial charge in [0.15, 0.2) is 0 Å². The van der Waals surface area contributed by atoms with Crippen molar-refractivity contribution in [2.45, 2.75) is 25.7 Å². The second-order valence-corrected chi connectivity index (χ2v) is 10.4. The van der Waals surface area contributed by atoms with Crippen molar-refractivity contribution in [3.63, 3.8) is 0 Å². The van der Waals surface area contributed by atoms with Gasteiger partial charge >= 0.3 is 6.18 Å². The Kier molecular flexibility index (Phi) is 8.90. The summed E-state index contributed by atoms with van der Waals surface area (Å²) in [5.41, 5.74) is 0.589. The van der Waals surface area contributed by atoms with E-state index in [4.69, 9.17) is 9.84 Å². The molecular formula is C30H32F3N7O3. The Bertz CT molecular complexity index is 1620. The average molecular weight is 596 g/mol. The van der Waals surface area contributed by atoms with Crippen LogP contribution in [0.3, 0.4) is 0 Å². The molecule has 10 nitrogen and oxygen atoms in total. The number of amides is 1. The number of fused-ring (bicyclic) bond motifs is 1. The van der Waals surface area contributed by atoms with Crippen LogP contribution >= 0.6 is 0 Å². The number of carbonyl (C=O) groups excluding carboxylic acids is 1. The lowest BCUT2D eigenvalue weighted by molar-refractivity contribution is -0.138. The van der Waals surface area contributed by atoms with Gasteiger partial charge in [0, 0.05) is 63.5 Å². The van der Waals surface area contributed by atoms with E-state index < -0.39 is 11.7 Å². The number of benzene rings is 2. The molecule has 0 N–H and O–H groups in total. The lowest BCUT2D eigenvalue weighted by Gasteiger charge is -2.35. The predicted molar refractivity (Wildman–Crippen MR) is 155 cm³/mol. The lowest BCUT2D eigenvalue weighted by Crippen LogP contribution is -2.49. The van der Waals surface area contributed by atoms with Crippen LogP contribution in [0.15, 0.2) is 65.7 Å². The normalized spacial score (nSPS) is 14.0. The molecule has 0 saturated carbocycles. The summed E-state index contributed by atoms with van der Waals surface area (Å²) in [6.45, 7) is 2.94. The quantitative estimate of drug-likeness (QED) is 0.291. The Balaban J connectivity index is 1.18. The standard InChI is InChI=1S/C30H32F3N7O3/c1-37(12-11-27(41)38-13-15-39(16-14-38)29-34-17-22(18-35-29)30(31,32)33)20-26-24-5-3-4-6-25(24)28(42)40(36-26)19-21-7-9-23(43-2)10-8-21/h3-10,17-18H,11-16,19-20H2,1-2H3. The van der Waals surface area contributed by atoms with E-state index in [1.54, 1.807) is 23.0 Å². The van der Waals surface area contributed by atoms with E-state index in [-0.39, 0.29) is 23.8 Å². The van der Waals surface area contributed by atoms with E-state index >= 15 is 0 Å². The zero-order valence-electron chi connectivity index (χ0n) is 23.9. The van der Waals surface area contributed by atoms with Gasteiger partial charge in [0.1, 0.15) is 5.75 Å². The maximum absolute atomic E-state index is 13.2. The monoisotopic (exact) mass is 595 g/mol. The van der Waals surface area contributed by atoms with Crippen molar-refractivity contribution in [2.24, 2.45) is 0 Å². The summed E-state index contributed by atoms with van der Waals surface area (Å²) in [5.74, 6) is 0.935. The maximum atomic E-state index is 13.2. The van der Waals surface area contributed by atoms with Crippen LogP contribution in [0.5, 0.6) is 5.75 Å². The molecule has 2 aromatic carbocycles. The molecular weight excluding hydrogens is 563 g/mol. The minimum absolute atomic E-state index is 0.0119. The van der Waals surface area contributed by atoms with Gasteiger partial charge < -0.3 is 14.5 Å². The lowest BCUT2D eigenvalue weighted by atomic mass is 10.1. The maximum Gasteiger partial charge on any atom is 0.419 e. The first-order valence-corrected chi connectivity index (χ1v) is 13.8. The first kappa shape index (κ1) is 30.0. The molecule has 5 rings (SSSR count). The van der Waals surface area contributed by atoms with Crippen LogP contribution in [0.2, 0.25) is 0 Å². The molecule has 2 aromatic heterocycles. The van der Waals surface area contributed by atoms with Crippen LogP contribution in [0.25, 0.3) is 10.8 Å². The number of hydrogen-bond acceptors (Lipinski definition) is 8. The van der Waals surface area contributed by atoms with E-state index in [9.17, 15) is 22.8 Å². The molecule has 13 heteroatoms. The number of nitrogens with zero attached hydrogens (tertiary/aromatic N) is 7. The van der Waals surface area contributed by atoms with Crippen molar-refractivity contribution in [1.29, 1.82) is 0 Å². The summed E-state index contributed by atoms with van der Waals surface area (Å²) < 4.78 is 45.1. The summed E-state index contributed by atoms with van der Waals surface area (Å²) >= 11 is 0. The van der Waals surface area contributed by atoms with Crippen LogP contribution in [0.1, 0.15) is 23.2 Å². The average Bonchev–Trinajstić information content (AvgIpc) is 3.02. The third kappa shape index (κ3) is 7.11. The topological polar surface area (TPSA) is 96.7 Å². The highest BCUT2D eigenvalue weighted by atomic mass is 19.4. The fourth-order valence-corrected chi connectivity index (χ4v) is 5.00. The fraction of sp³-hybridized carbons (Fsp3) is 0.367. The van der Waals surface area contributed by atoms with Crippen molar-refractivity contribution in [3.05, 3.63) is 88.1 Å². The van der Waals surface area contributed by atoms with Crippen LogP contribution in [0, 0.1) is 0 Å². The highest BCUT2D eigenvalue weighted by Crippen LogP contribution is 2.28. The van der Waals surface area contributed by atoms with E-state index in [0.29, 0.717) is 51.2 Å². The third-order valence-electron chi connectivity index (χ3n) is 7.44. The van der Waals surface area contributed by atoms with E-state index in [2.05, 4.69) is 9.97 Å². The fourth-order valence-electron chi connectivity index (χ4n) is 5.00. The molecule has 0 atom stereocenters. The molecule has 4 aromatic rings. The largest absolute Gasteiger partial charge is 0.497 e. The van der Waals surface area contributed by atoms with Gasteiger partial charge in [-0.15, -0.1) is 0 Å². The van der Waals surface area contributed by atoms with Gasteiger partial charge in [-0.2, -0.15) is 18.3 Å². The third-order valence-corrected chi connectivity index (χ3v) is 7.44. The molecule has 43 heavy (non-hydrogen) atoms. The molecule has 1 saturated heterocycles. The summed E-state index contributed by atoms with van der Waals surface area (Å²) in [6.07, 6.45) is -2.65. The zero-order valence-corrected chi connectivity index (χ0v) is 23.9. The summed E-state index contributed by atoms with van der Waals surface area (Å²) in [7, 11) is 3.51. The van der Waals surface area contributed by atoms with Gasteiger partial charge in [-0.1, -0.05) is 30.3 Å². The molecule has 0 bridgehead atoms. The number of rotatable bonds is 9. The Morgan fingerprint density at radius 2 is 1.63 bits per heavy atom. The molecule has 0 spiro atoms. The number of carbonyl (C=O) groups is 1. The van der Waals surface area contributed by atoms with Gasteiger partial charge in [0.05, 0.1) is 30.3 Å². The Labute approximate surface area is 246 Å². The Morgan fingerprint density at radius 1 is 0.977 bits per heavy atom. The number of alkyl halides is 3. The van der Waals surface area contributed by atoms with Gasteiger partial charge in [0.2, 0.25) is 11.9 Å². The number of anilines is 1. The molecule has 0 radical (unpaired) electrons. The van der Waals surface area contributed by atoms with Crippen LogP contribution in [-0.4, -0.2) is 82.3 Å². The summed E-state index contributed by atoms with van der Waals surface area (Å²) in [4.78, 5) is 39.4. The summed E-state index contributed by atoms with van der Waals surface area (Å²) in [5, 5.41) is 6.07. The number of piperazine rings is 1. The Hall–Kier alpha value is -4.52. The SMILES string of the molecule is COc1ccc(Cn2nc(CN(C)CCC(=O)N3CCN(c4ncc(C(F)(F)F)cn4)CC3)c3ccccc3c2=O)cc1. The molecule has 226 valence electrons. The zero-order chi connectivity index (χ0) is 30.6. The number of hydrogen-bond donors (Lipinski definition) is 0. The van der Waals surface area contributed by atoms with Crippen molar-refractivity contribution >= 4 is 22.6 Å². The number of halogens is 3. The van der Waals surface area contributed by atoms with Crippen LogP contribution < -0.4 is 15.2 Å². The van der Waals surface area contributed by atoms with Gasteiger partial charge in [-0.05, 0) is 30.8 Å². The molecule has 0 aliphatic carbocycles. The van der Waals surface area contributed by atoms with Crippen molar-refractivity contribution in [3.8, 4) is 5.75 Å². The van der Waals surface area contributed by atoms with Crippen molar-refractivity contribution in [2.75, 3.05) is 51.8 Å². The molecule has 1 amide bonds. The first-order chi connectivity index (χ1) is 20.6. The number of aromatic nitrogens is 4. The molecule has 1 aliphatic rings. The highest BCUT2D eigenvalue weighted by Gasteiger charge is 2.32. The van der Waals surface area contributed by atoms with Gasteiger partial charge in [-0.25, -0.2) is 14.6 Å². The molecule has 1 aliphatic heterocycles. The molecule has 0 unspecified atom stereocenters. The van der Waals surface area contributed by atoms with Gasteiger partial charge in [0.25, 0.3) is 5.56 Å². The summed E-state index contributed by atoms with van der Waals surface area (Å²) in [6, 6.07) is 14.9. The van der Waals surface area contributed by atoms with E-state index in [0.717, 1.165) is 34.8 Å². The minimum atomic E-state index is -4.49. The predicted octanol–water partition coefficient (Wildman–Crippen LogP) is 3.43. The van der Waals surface area contributed by atoms with Crippen LogP contribution in [0.4, 0.5) is 19.1 Å². The first-order valence-electron chi connectivity index (χ1n) is 13.8. The molecule has 3 heterocycles. The van der Waals surface area contributed by atoms with Gasteiger partial charge in [-0.3, -0.25) is 14.5 Å². The molecule has 1 fully saturated rings. The second kappa shape index (κ2) is 12.8. The van der Waals surface area contributed by atoms with E-state index in [1.807, 2.05) is 54.4 Å². The minimum Gasteiger partial charge on any atom is -0.497 e. The van der Waals surface area contributed by atoms with Crippen molar-refractivity contribution < 1.29 is 22.7 Å². The second-order valence-electron chi connectivity index (χ2n) is 10.4. The smallest absolute Gasteiger partial charge is 0.419 e. The van der Waals surface area contributed by atoms with Crippen molar-refractivity contribution in [1.82, 2.24) is 29.5 Å². The van der Waals surface area contributed by atoms with Crippen LogP contribution in [-0.2, 0) is 24.1 Å². The number of methoxy groups -OCH3 is 1. The van der Waals surface area contributed by atoms with E-state index in [1.165, 1.54) is 4.68 Å². The Morgan fingerprint density at radius 3 is 2.26 bits per heavy atom. The highest BCUT2D eigenvalue weighted by molar-refractivity contribution is 5.83. The number of ether oxygens (including phenoxy) is 1.